The van der Waals surface area contributed by atoms with Crippen molar-refractivity contribution in [2.75, 3.05) is 31.1 Å². The van der Waals surface area contributed by atoms with Crippen molar-refractivity contribution in [3.8, 4) is 0 Å². The first-order valence-electron chi connectivity index (χ1n) is 10.2. The SMILES string of the molecule is Cc1nc2c(c(N3CCC(CC(=O)N4CCC(F)(F)CC4)CC3)n1)CCC2. The van der Waals surface area contributed by atoms with E-state index in [4.69, 9.17) is 4.98 Å². The van der Waals surface area contributed by atoms with Crippen molar-refractivity contribution in [1.82, 2.24) is 14.9 Å². The summed E-state index contributed by atoms with van der Waals surface area (Å²) in [6.07, 6.45) is 5.25. The van der Waals surface area contributed by atoms with Gasteiger partial charge in [0.2, 0.25) is 5.91 Å². The largest absolute Gasteiger partial charge is 0.356 e. The van der Waals surface area contributed by atoms with Crippen molar-refractivity contribution >= 4 is 11.7 Å². The molecule has 148 valence electrons. The molecule has 0 bridgehead atoms. The van der Waals surface area contributed by atoms with Crippen molar-refractivity contribution in [1.29, 1.82) is 0 Å². The van der Waals surface area contributed by atoms with Crippen molar-refractivity contribution in [3.05, 3.63) is 17.1 Å². The minimum atomic E-state index is -2.60. The molecule has 3 heterocycles. The number of hydrogen-bond acceptors (Lipinski definition) is 4. The number of alkyl halides is 2. The number of piperidine rings is 2. The summed E-state index contributed by atoms with van der Waals surface area (Å²) in [4.78, 5) is 25.7. The van der Waals surface area contributed by atoms with Gasteiger partial charge in [-0.15, -0.1) is 0 Å². The fraction of sp³-hybridized carbons (Fsp3) is 0.750. The lowest BCUT2D eigenvalue weighted by Gasteiger charge is -2.36. The minimum absolute atomic E-state index is 0.0442. The number of likely N-dealkylation sites (tertiary alicyclic amines) is 1. The first-order valence-corrected chi connectivity index (χ1v) is 10.2. The molecule has 2 aliphatic heterocycles. The van der Waals surface area contributed by atoms with Gasteiger partial charge in [-0.3, -0.25) is 4.79 Å². The molecule has 0 unspecified atom stereocenters. The molecule has 0 aromatic carbocycles. The second kappa shape index (κ2) is 7.32. The standard InChI is InChI=1S/C20H28F2N4O/c1-14-23-17-4-2-3-16(17)19(24-14)26-9-5-15(6-10-26)13-18(27)25-11-7-20(21,22)8-12-25/h15H,2-13H2,1H3. The number of halogens is 2. The van der Waals surface area contributed by atoms with Crippen LogP contribution >= 0.6 is 0 Å². The van der Waals surface area contributed by atoms with Gasteiger partial charge in [0.1, 0.15) is 11.6 Å². The molecule has 0 spiro atoms. The molecule has 1 amide bonds. The Hall–Kier alpha value is -1.79. The zero-order chi connectivity index (χ0) is 19.0. The molecule has 3 aliphatic rings. The van der Waals surface area contributed by atoms with Gasteiger partial charge in [0.25, 0.3) is 5.92 Å². The second-order valence-electron chi connectivity index (χ2n) is 8.24. The maximum Gasteiger partial charge on any atom is 0.251 e. The van der Waals surface area contributed by atoms with Gasteiger partial charge in [0.15, 0.2) is 0 Å². The van der Waals surface area contributed by atoms with Gasteiger partial charge >= 0.3 is 0 Å². The number of aromatic nitrogens is 2. The molecule has 2 fully saturated rings. The topological polar surface area (TPSA) is 49.3 Å². The smallest absolute Gasteiger partial charge is 0.251 e. The highest BCUT2D eigenvalue weighted by Gasteiger charge is 2.36. The third-order valence-electron chi connectivity index (χ3n) is 6.25. The molecule has 1 aromatic rings. The van der Waals surface area contributed by atoms with Crippen LogP contribution in [0.4, 0.5) is 14.6 Å². The van der Waals surface area contributed by atoms with Crippen molar-refractivity contribution in [2.45, 2.75) is 64.2 Å². The summed E-state index contributed by atoms with van der Waals surface area (Å²) in [7, 11) is 0. The third-order valence-corrected chi connectivity index (χ3v) is 6.25. The van der Waals surface area contributed by atoms with Gasteiger partial charge in [0, 0.05) is 56.7 Å². The van der Waals surface area contributed by atoms with Crippen LogP contribution in [0.2, 0.25) is 0 Å². The summed E-state index contributed by atoms with van der Waals surface area (Å²) in [6, 6.07) is 0. The molecule has 0 radical (unpaired) electrons. The predicted molar refractivity (Wildman–Crippen MR) is 99.1 cm³/mol. The van der Waals surface area contributed by atoms with Crippen molar-refractivity contribution in [2.24, 2.45) is 5.92 Å². The summed E-state index contributed by atoms with van der Waals surface area (Å²) in [6.45, 7) is 4.14. The number of nitrogens with zero attached hydrogens (tertiary/aromatic N) is 4. The highest BCUT2D eigenvalue weighted by Crippen LogP contribution is 2.33. The Labute approximate surface area is 159 Å². The Morgan fingerprint density at radius 2 is 1.81 bits per heavy atom. The zero-order valence-electron chi connectivity index (χ0n) is 16.0. The number of anilines is 1. The van der Waals surface area contributed by atoms with Crippen LogP contribution in [0.1, 0.15) is 55.6 Å². The zero-order valence-corrected chi connectivity index (χ0v) is 16.0. The monoisotopic (exact) mass is 378 g/mol. The van der Waals surface area contributed by atoms with E-state index in [9.17, 15) is 13.6 Å². The van der Waals surface area contributed by atoms with Gasteiger partial charge in [-0.2, -0.15) is 0 Å². The quantitative estimate of drug-likeness (QED) is 0.811. The summed E-state index contributed by atoms with van der Waals surface area (Å²) < 4.78 is 26.5. The summed E-state index contributed by atoms with van der Waals surface area (Å²) in [5, 5.41) is 0. The van der Waals surface area contributed by atoms with Crippen molar-refractivity contribution < 1.29 is 13.6 Å². The fourth-order valence-electron chi connectivity index (χ4n) is 4.60. The minimum Gasteiger partial charge on any atom is -0.356 e. The van der Waals surface area contributed by atoms with E-state index < -0.39 is 5.92 Å². The van der Waals surface area contributed by atoms with E-state index in [-0.39, 0.29) is 31.8 Å². The van der Waals surface area contributed by atoms with E-state index in [1.54, 1.807) is 4.90 Å². The summed E-state index contributed by atoms with van der Waals surface area (Å²) >= 11 is 0. The van der Waals surface area contributed by atoms with Crippen LogP contribution in [0, 0.1) is 12.8 Å². The van der Waals surface area contributed by atoms with E-state index in [1.807, 2.05) is 6.92 Å². The number of carbonyl (C=O) groups excluding carboxylic acids is 1. The van der Waals surface area contributed by atoms with E-state index in [0.29, 0.717) is 12.3 Å². The van der Waals surface area contributed by atoms with Gasteiger partial charge in [-0.05, 0) is 44.9 Å². The molecule has 1 aromatic heterocycles. The van der Waals surface area contributed by atoms with E-state index in [1.165, 1.54) is 11.3 Å². The number of aryl methyl sites for hydroxylation is 2. The molecular weight excluding hydrogens is 350 g/mol. The third kappa shape index (κ3) is 4.06. The lowest BCUT2D eigenvalue weighted by atomic mass is 9.92. The molecule has 0 atom stereocenters. The Bertz CT molecular complexity index is 706. The van der Waals surface area contributed by atoms with E-state index in [0.717, 1.165) is 56.8 Å². The average molecular weight is 378 g/mol. The van der Waals surface area contributed by atoms with Crippen LogP contribution in [0.15, 0.2) is 0 Å². The van der Waals surface area contributed by atoms with Gasteiger partial charge < -0.3 is 9.80 Å². The lowest BCUT2D eigenvalue weighted by molar-refractivity contribution is -0.138. The number of fused-ring (bicyclic) bond motifs is 1. The van der Waals surface area contributed by atoms with Crippen molar-refractivity contribution in [3.63, 3.8) is 0 Å². The summed E-state index contributed by atoms with van der Waals surface area (Å²) in [5.41, 5.74) is 2.51. The van der Waals surface area contributed by atoms with Crippen LogP contribution in [-0.4, -0.2) is 52.9 Å². The Morgan fingerprint density at radius 3 is 2.52 bits per heavy atom. The molecule has 2 saturated heterocycles. The molecule has 0 saturated carbocycles. The molecule has 0 N–H and O–H groups in total. The second-order valence-corrected chi connectivity index (χ2v) is 8.24. The fourth-order valence-corrected chi connectivity index (χ4v) is 4.60. The van der Waals surface area contributed by atoms with E-state index in [2.05, 4.69) is 9.88 Å². The Morgan fingerprint density at radius 1 is 1.11 bits per heavy atom. The Kier molecular flexibility index (Phi) is 5.03. The number of amides is 1. The number of hydrogen-bond donors (Lipinski definition) is 0. The van der Waals surface area contributed by atoms with E-state index >= 15 is 0 Å². The van der Waals surface area contributed by atoms with Crippen LogP contribution in [-0.2, 0) is 17.6 Å². The maximum atomic E-state index is 13.3. The van der Waals surface area contributed by atoms with Gasteiger partial charge in [-0.25, -0.2) is 18.7 Å². The molecule has 1 aliphatic carbocycles. The first kappa shape index (κ1) is 18.6. The number of rotatable bonds is 3. The van der Waals surface area contributed by atoms with Crippen LogP contribution in [0.3, 0.4) is 0 Å². The molecule has 4 rings (SSSR count). The predicted octanol–water partition coefficient (Wildman–Crippen LogP) is 3.14. The molecule has 5 nitrogen and oxygen atoms in total. The average Bonchev–Trinajstić information content (AvgIpc) is 3.10. The van der Waals surface area contributed by atoms with Gasteiger partial charge in [-0.1, -0.05) is 0 Å². The number of carbonyl (C=O) groups is 1. The first-order chi connectivity index (χ1) is 12.9. The van der Waals surface area contributed by atoms with Crippen LogP contribution in [0.25, 0.3) is 0 Å². The normalized spacial score (nSPS) is 22.8. The lowest BCUT2D eigenvalue weighted by Crippen LogP contribution is -2.44. The maximum absolute atomic E-state index is 13.3. The highest BCUT2D eigenvalue weighted by atomic mass is 19.3. The van der Waals surface area contributed by atoms with Gasteiger partial charge in [0.05, 0.1) is 0 Å². The molecule has 27 heavy (non-hydrogen) atoms. The molecule has 7 heteroatoms. The van der Waals surface area contributed by atoms with Crippen LogP contribution < -0.4 is 4.90 Å². The Balaban J connectivity index is 1.32. The summed E-state index contributed by atoms with van der Waals surface area (Å²) in [5.74, 6) is -0.282. The molecular formula is C20H28F2N4O. The highest BCUT2D eigenvalue weighted by molar-refractivity contribution is 5.76. The van der Waals surface area contributed by atoms with Crippen LogP contribution in [0.5, 0.6) is 0 Å².